The molecule has 2 aromatic rings. The molecular formula is C13H16BrNOS. The first-order valence-corrected chi connectivity index (χ1v) is 6.21. The van der Waals surface area contributed by atoms with Crippen molar-refractivity contribution in [1.82, 2.24) is 4.57 Å². The van der Waals surface area contributed by atoms with Crippen LogP contribution in [0.25, 0.3) is 0 Å². The number of hydrogen-bond donors (Lipinski definition) is 0. The molecule has 0 N–H and O–H groups in total. The van der Waals surface area contributed by atoms with E-state index in [1.54, 1.807) is 0 Å². The molecule has 0 spiro atoms. The molecule has 4 heteroatoms. The van der Waals surface area contributed by atoms with E-state index in [0.29, 0.717) is 0 Å². The molecule has 0 atom stereocenters. The monoisotopic (exact) mass is 313 g/mol. The van der Waals surface area contributed by atoms with Gasteiger partial charge in [0.25, 0.3) is 0 Å². The molecule has 1 aromatic carbocycles. The molecule has 1 heterocycles. The van der Waals surface area contributed by atoms with Gasteiger partial charge < -0.3 is 4.57 Å². The zero-order valence-corrected chi connectivity index (χ0v) is 12.5. The van der Waals surface area contributed by atoms with E-state index < -0.39 is 0 Å². The Morgan fingerprint density at radius 3 is 2.35 bits per heavy atom. The van der Waals surface area contributed by atoms with Gasteiger partial charge in [-0.1, -0.05) is 41.7 Å². The second-order valence-corrected chi connectivity index (χ2v) is 5.06. The first-order chi connectivity index (χ1) is 7.68. The van der Waals surface area contributed by atoms with Crippen molar-refractivity contribution in [2.45, 2.75) is 26.8 Å². The molecule has 2 rings (SSSR count). The van der Waals surface area contributed by atoms with Gasteiger partial charge in [-0.05, 0) is 25.8 Å². The summed E-state index contributed by atoms with van der Waals surface area (Å²) in [6, 6.07) is 10.3. The van der Waals surface area contributed by atoms with Gasteiger partial charge in [-0.2, -0.15) is 0 Å². The van der Waals surface area contributed by atoms with Crippen LogP contribution in [-0.4, -0.2) is 4.57 Å². The molecule has 0 fully saturated rings. The molecule has 1 aromatic heterocycles. The van der Waals surface area contributed by atoms with E-state index in [0.717, 1.165) is 23.5 Å². The van der Waals surface area contributed by atoms with E-state index in [1.807, 2.05) is 36.6 Å². The van der Waals surface area contributed by atoms with Crippen molar-refractivity contribution in [3.63, 3.8) is 0 Å². The van der Waals surface area contributed by atoms with E-state index in [9.17, 15) is 4.79 Å². The molecular weight excluding hydrogens is 298 g/mol. The molecule has 0 saturated carbocycles. The van der Waals surface area contributed by atoms with Crippen molar-refractivity contribution < 1.29 is 0 Å². The van der Waals surface area contributed by atoms with Crippen LogP contribution < -0.4 is 4.87 Å². The van der Waals surface area contributed by atoms with Crippen molar-refractivity contribution in [1.29, 1.82) is 0 Å². The molecule has 2 nitrogen and oxygen atoms in total. The van der Waals surface area contributed by atoms with Crippen LogP contribution in [0, 0.1) is 13.8 Å². The topological polar surface area (TPSA) is 22.0 Å². The van der Waals surface area contributed by atoms with Crippen molar-refractivity contribution in [2.24, 2.45) is 0 Å². The normalized spacial score (nSPS) is 10.0. The van der Waals surface area contributed by atoms with Crippen LogP contribution >= 0.6 is 28.3 Å². The van der Waals surface area contributed by atoms with E-state index in [4.69, 9.17) is 0 Å². The smallest absolute Gasteiger partial charge is 0.303 e. The lowest BCUT2D eigenvalue weighted by molar-refractivity contribution is 0.664. The van der Waals surface area contributed by atoms with E-state index in [1.165, 1.54) is 16.9 Å². The van der Waals surface area contributed by atoms with Crippen LogP contribution in [-0.2, 0) is 13.0 Å². The highest BCUT2D eigenvalue weighted by Crippen LogP contribution is 2.10. The third-order valence-corrected chi connectivity index (χ3v) is 3.84. The highest BCUT2D eigenvalue weighted by molar-refractivity contribution is 8.93. The van der Waals surface area contributed by atoms with Gasteiger partial charge in [-0.25, -0.2) is 0 Å². The predicted molar refractivity (Wildman–Crippen MR) is 78.5 cm³/mol. The lowest BCUT2D eigenvalue weighted by atomic mass is 10.1. The quantitative estimate of drug-likeness (QED) is 0.851. The van der Waals surface area contributed by atoms with Crippen molar-refractivity contribution >= 4 is 28.3 Å². The van der Waals surface area contributed by atoms with Crippen LogP contribution in [0.1, 0.15) is 16.1 Å². The summed E-state index contributed by atoms with van der Waals surface area (Å²) in [5, 5.41) is 0. The zero-order chi connectivity index (χ0) is 11.5. The Hall–Kier alpha value is -0.870. The van der Waals surface area contributed by atoms with Crippen molar-refractivity contribution in [2.75, 3.05) is 0 Å². The molecule has 0 amide bonds. The predicted octanol–water partition coefficient (Wildman–Crippen LogP) is 3.35. The number of benzene rings is 1. The lowest BCUT2D eigenvalue weighted by Crippen LogP contribution is -2.15. The van der Waals surface area contributed by atoms with Crippen LogP contribution in [0.5, 0.6) is 0 Å². The largest absolute Gasteiger partial charge is 0.307 e. The number of aryl methyl sites for hydroxylation is 2. The maximum Gasteiger partial charge on any atom is 0.307 e. The summed E-state index contributed by atoms with van der Waals surface area (Å²) >= 11 is 1.34. The fourth-order valence-electron chi connectivity index (χ4n) is 1.73. The first-order valence-electron chi connectivity index (χ1n) is 5.39. The molecule has 0 aliphatic heterocycles. The molecule has 92 valence electrons. The number of halogens is 1. The van der Waals surface area contributed by atoms with Crippen molar-refractivity contribution in [3.05, 3.63) is 56.1 Å². The Morgan fingerprint density at radius 1 is 1.18 bits per heavy atom. The molecule has 0 saturated heterocycles. The van der Waals surface area contributed by atoms with Gasteiger partial charge in [-0.3, -0.25) is 4.79 Å². The number of nitrogens with zero attached hydrogens (tertiary/aromatic N) is 1. The second-order valence-electron chi connectivity index (χ2n) is 3.90. The number of thiazole rings is 1. The zero-order valence-electron chi connectivity index (χ0n) is 9.97. The molecule has 0 unspecified atom stereocenters. The minimum Gasteiger partial charge on any atom is -0.303 e. The summed E-state index contributed by atoms with van der Waals surface area (Å²) in [7, 11) is 0. The minimum absolute atomic E-state index is 0. The maximum absolute atomic E-state index is 11.7. The van der Waals surface area contributed by atoms with Gasteiger partial charge >= 0.3 is 4.87 Å². The molecule has 0 aliphatic rings. The number of hydrogen-bond acceptors (Lipinski definition) is 2. The van der Waals surface area contributed by atoms with Crippen LogP contribution in [0.3, 0.4) is 0 Å². The summed E-state index contributed by atoms with van der Waals surface area (Å²) in [6.45, 7) is 4.79. The number of rotatable bonds is 3. The van der Waals surface area contributed by atoms with E-state index in [2.05, 4.69) is 12.1 Å². The fraction of sp³-hybridized carbons (Fsp3) is 0.308. The first kappa shape index (κ1) is 14.2. The van der Waals surface area contributed by atoms with E-state index in [-0.39, 0.29) is 21.9 Å². The van der Waals surface area contributed by atoms with Crippen molar-refractivity contribution in [3.8, 4) is 0 Å². The van der Waals surface area contributed by atoms with Gasteiger partial charge in [0.05, 0.1) is 0 Å². The molecule has 0 radical (unpaired) electrons. The number of aromatic nitrogens is 1. The standard InChI is InChI=1S/C13H15NOS.BrH/c1-10-11(2)16-13(15)14(10)9-8-12-6-4-3-5-7-12;/h3-7H,8-9H2,1-2H3;1H. The average Bonchev–Trinajstić information content (AvgIpc) is 2.53. The van der Waals surface area contributed by atoms with Gasteiger partial charge in [-0.15, -0.1) is 17.0 Å². The molecule has 0 aliphatic carbocycles. The average molecular weight is 314 g/mol. The van der Waals surface area contributed by atoms with Gasteiger partial charge in [0.15, 0.2) is 0 Å². The van der Waals surface area contributed by atoms with Crippen LogP contribution in [0.2, 0.25) is 0 Å². The SMILES string of the molecule is Br.Cc1sc(=O)n(CCc2ccccc2)c1C. The van der Waals surface area contributed by atoms with Crippen LogP contribution in [0.15, 0.2) is 35.1 Å². The highest BCUT2D eigenvalue weighted by Gasteiger charge is 2.06. The third kappa shape index (κ3) is 3.30. The lowest BCUT2D eigenvalue weighted by Gasteiger charge is -2.04. The summed E-state index contributed by atoms with van der Waals surface area (Å²) in [4.78, 5) is 12.9. The Labute approximate surface area is 116 Å². The Balaban J connectivity index is 0.00000144. The van der Waals surface area contributed by atoms with E-state index >= 15 is 0 Å². The Morgan fingerprint density at radius 2 is 1.82 bits per heavy atom. The summed E-state index contributed by atoms with van der Waals surface area (Å²) in [6.07, 6.45) is 0.914. The summed E-state index contributed by atoms with van der Waals surface area (Å²) in [5.74, 6) is 0. The second kappa shape index (κ2) is 6.17. The Kier molecular flexibility index (Phi) is 5.15. The highest BCUT2D eigenvalue weighted by atomic mass is 79.9. The third-order valence-electron chi connectivity index (χ3n) is 2.84. The maximum atomic E-state index is 11.7. The van der Waals surface area contributed by atoms with Crippen LogP contribution in [0.4, 0.5) is 0 Å². The summed E-state index contributed by atoms with van der Waals surface area (Å²) in [5.41, 5.74) is 2.38. The fourth-order valence-corrected chi connectivity index (χ4v) is 2.59. The van der Waals surface area contributed by atoms with Gasteiger partial charge in [0, 0.05) is 17.1 Å². The molecule has 0 bridgehead atoms. The van der Waals surface area contributed by atoms with Gasteiger partial charge in [0.1, 0.15) is 0 Å². The van der Waals surface area contributed by atoms with Gasteiger partial charge in [0.2, 0.25) is 0 Å². The Bertz CT molecular complexity index is 530. The minimum atomic E-state index is 0. The molecule has 17 heavy (non-hydrogen) atoms. The summed E-state index contributed by atoms with van der Waals surface area (Å²) < 4.78 is 1.87.